The van der Waals surface area contributed by atoms with Crippen LogP contribution in [0, 0.1) is 0 Å². The van der Waals surface area contributed by atoms with Gasteiger partial charge in [0.1, 0.15) is 12.2 Å². The molecule has 178 valence electrons. The van der Waals surface area contributed by atoms with Crippen molar-refractivity contribution < 1.29 is 4.74 Å². The average molecular weight is 513 g/mol. The molecule has 0 saturated carbocycles. The highest BCUT2D eigenvalue weighted by Gasteiger charge is 2.19. The molecule has 0 atom stereocenters. The third kappa shape index (κ3) is 4.21. The van der Waals surface area contributed by atoms with E-state index in [0.29, 0.717) is 18.8 Å². The van der Waals surface area contributed by atoms with E-state index in [-0.39, 0.29) is 5.56 Å². The molecule has 0 aliphatic rings. The molecule has 0 saturated heterocycles. The van der Waals surface area contributed by atoms with Crippen LogP contribution in [0.4, 0.5) is 0 Å². The van der Waals surface area contributed by atoms with Crippen LogP contribution < -0.4 is 5.56 Å². The van der Waals surface area contributed by atoms with E-state index in [1.165, 1.54) is 4.68 Å². The molecule has 0 aliphatic heterocycles. The van der Waals surface area contributed by atoms with Crippen LogP contribution in [0.5, 0.6) is 0 Å². The van der Waals surface area contributed by atoms with Gasteiger partial charge in [-0.1, -0.05) is 43.5 Å². The number of ether oxygens (including phenoxy) is 1. The highest BCUT2D eigenvalue weighted by atomic mass is 32.2. The molecule has 5 aromatic rings. The maximum Gasteiger partial charge on any atom is 0.291 e. The molecule has 11 heteroatoms. The van der Waals surface area contributed by atoms with Gasteiger partial charge in [-0.3, -0.25) is 4.79 Å². The Balaban J connectivity index is 1.44. The maximum atomic E-state index is 13.4. The lowest BCUT2D eigenvalue weighted by Gasteiger charge is -2.15. The third-order valence-corrected chi connectivity index (χ3v) is 9.76. The molecule has 4 aromatic heterocycles. The normalized spacial score (nSPS) is 12.5. The van der Waals surface area contributed by atoms with Gasteiger partial charge in [-0.15, -0.1) is 11.3 Å². The Labute approximate surface area is 206 Å². The molecule has 0 spiro atoms. The smallest absolute Gasteiger partial charge is 0.291 e. The number of thiazole rings is 1. The van der Waals surface area contributed by atoms with Gasteiger partial charge < -0.3 is 9.30 Å². The minimum Gasteiger partial charge on any atom is -0.360 e. The van der Waals surface area contributed by atoms with Gasteiger partial charge in [0.15, 0.2) is 9.99 Å². The number of aromatic nitrogens is 6. The molecule has 8 nitrogen and oxygen atoms in total. The Morgan fingerprint density at radius 2 is 1.88 bits per heavy atom. The summed E-state index contributed by atoms with van der Waals surface area (Å²) in [6.07, 6.45) is 5.65. The fourth-order valence-corrected chi connectivity index (χ4v) is 6.42. The van der Waals surface area contributed by atoms with Gasteiger partial charge in [-0.2, -0.15) is 10.2 Å². The van der Waals surface area contributed by atoms with Gasteiger partial charge in [-0.25, -0.2) is 14.3 Å². The van der Waals surface area contributed by atoms with Gasteiger partial charge in [0.25, 0.3) is 5.56 Å². The van der Waals surface area contributed by atoms with E-state index in [0.717, 1.165) is 49.2 Å². The van der Waals surface area contributed by atoms with Crippen LogP contribution in [0.2, 0.25) is 25.7 Å². The van der Waals surface area contributed by atoms with Crippen molar-refractivity contribution in [2.24, 2.45) is 7.05 Å². The Kier molecular flexibility index (Phi) is 6.13. The highest BCUT2D eigenvalue weighted by Crippen LogP contribution is 2.34. The van der Waals surface area contributed by atoms with E-state index in [1.54, 1.807) is 29.3 Å². The van der Waals surface area contributed by atoms with Crippen LogP contribution in [0.15, 0.2) is 39.7 Å². The molecule has 0 amide bonds. The molecule has 0 aliphatic carbocycles. The molecule has 0 N–H and O–H groups in total. The summed E-state index contributed by atoms with van der Waals surface area (Å²) in [6.45, 7) is 8.57. The third-order valence-electron chi connectivity index (χ3n) is 5.99. The molecule has 0 unspecified atom stereocenters. The Bertz CT molecular complexity index is 1560. The van der Waals surface area contributed by atoms with Crippen molar-refractivity contribution in [2.45, 2.75) is 43.3 Å². The second-order valence-electron chi connectivity index (χ2n) is 9.61. The summed E-state index contributed by atoms with van der Waals surface area (Å²) in [6, 6.07) is 7.18. The number of fused-ring (bicyclic) bond motifs is 4. The number of nitrogens with zero attached hydrogens (tertiary/aromatic N) is 6. The summed E-state index contributed by atoms with van der Waals surface area (Å²) < 4.78 is 13.2. The van der Waals surface area contributed by atoms with Crippen LogP contribution in [0.1, 0.15) is 5.56 Å². The van der Waals surface area contributed by atoms with E-state index in [2.05, 4.69) is 34.8 Å². The van der Waals surface area contributed by atoms with E-state index in [9.17, 15) is 4.79 Å². The molecule has 0 bridgehead atoms. The standard InChI is InChI=1S/C23H28N6O2S2Si/c1-27-19-17(20-21(27)26-23(32-2)33-20)12-24-28(22(19)30)13-15-7-6-8-18-16(15)11-25-29(18)14-31-9-10-34(3,4)5/h6-8,11-12H,9-10,13-14H2,1-5H3. The van der Waals surface area contributed by atoms with Crippen LogP contribution in [-0.4, -0.2) is 50.0 Å². The van der Waals surface area contributed by atoms with Gasteiger partial charge in [0, 0.05) is 32.5 Å². The van der Waals surface area contributed by atoms with Crippen molar-refractivity contribution in [3.8, 4) is 0 Å². The fraction of sp³-hybridized carbons (Fsp3) is 0.391. The lowest BCUT2D eigenvalue weighted by atomic mass is 10.1. The second-order valence-corrected chi connectivity index (χ2v) is 17.3. The Hall–Kier alpha value is -2.47. The van der Waals surface area contributed by atoms with Crippen molar-refractivity contribution in [3.05, 3.63) is 46.5 Å². The molecular weight excluding hydrogens is 485 g/mol. The largest absolute Gasteiger partial charge is 0.360 e. The number of thioether (sulfide) groups is 1. The molecule has 0 fully saturated rings. The minimum atomic E-state index is -1.13. The zero-order valence-electron chi connectivity index (χ0n) is 20.0. The van der Waals surface area contributed by atoms with Crippen LogP contribution in [0.25, 0.3) is 32.2 Å². The molecule has 1 aromatic carbocycles. The first-order valence-corrected chi connectivity index (χ1v) is 16.9. The predicted octanol–water partition coefficient (Wildman–Crippen LogP) is 4.78. The molecule has 4 heterocycles. The van der Waals surface area contributed by atoms with Crippen molar-refractivity contribution in [1.82, 2.24) is 29.1 Å². The SMILES string of the molecule is CSc1nc2c(s1)c1cnn(Cc3cccc4c3cnn4COCC[Si](C)(C)C)c(=O)c1n2C. The van der Waals surface area contributed by atoms with Crippen LogP contribution >= 0.6 is 23.1 Å². The second kappa shape index (κ2) is 8.95. The van der Waals surface area contributed by atoms with Crippen molar-refractivity contribution >= 4 is 63.3 Å². The zero-order valence-corrected chi connectivity index (χ0v) is 22.7. The van der Waals surface area contributed by atoms with Crippen molar-refractivity contribution in [3.63, 3.8) is 0 Å². The maximum absolute atomic E-state index is 13.4. The summed E-state index contributed by atoms with van der Waals surface area (Å²) in [4.78, 5) is 18.0. The predicted molar refractivity (Wildman–Crippen MR) is 143 cm³/mol. The average Bonchev–Trinajstić information content (AvgIpc) is 3.47. The first kappa shape index (κ1) is 23.3. The monoisotopic (exact) mass is 512 g/mol. The molecule has 5 rings (SSSR count). The van der Waals surface area contributed by atoms with Crippen LogP contribution in [-0.2, 0) is 25.1 Å². The molecule has 34 heavy (non-hydrogen) atoms. The summed E-state index contributed by atoms with van der Waals surface area (Å²) in [5, 5.41) is 10.9. The first-order valence-electron chi connectivity index (χ1n) is 11.2. The van der Waals surface area contributed by atoms with E-state index >= 15 is 0 Å². The lowest BCUT2D eigenvalue weighted by Crippen LogP contribution is -2.24. The number of hydrogen-bond donors (Lipinski definition) is 0. The first-order chi connectivity index (χ1) is 16.3. The van der Waals surface area contributed by atoms with Gasteiger partial charge in [0.2, 0.25) is 0 Å². The molecule has 0 radical (unpaired) electrons. The Morgan fingerprint density at radius 1 is 1.12 bits per heavy atom. The van der Waals surface area contributed by atoms with Crippen LogP contribution in [0.3, 0.4) is 0 Å². The quantitative estimate of drug-likeness (QED) is 0.169. The van der Waals surface area contributed by atoms with E-state index in [1.807, 2.05) is 46.9 Å². The summed E-state index contributed by atoms with van der Waals surface area (Å²) in [7, 11) is 0.770. The van der Waals surface area contributed by atoms with E-state index < -0.39 is 8.07 Å². The van der Waals surface area contributed by atoms with E-state index in [4.69, 9.17) is 4.74 Å². The Morgan fingerprint density at radius 3 is 2.65 bits per heavy atom. The fourth-order valence-electron chi connectivity index (χ4n) is 4.07. The van der Waals surface area contributed by atoms with Crippen molar-refractivity contribution in [1.29, 1.82) is 0 Å². The lowest BCUT2D eigenvalue weighted by molar-refractivity contribution is 0.0817. The summed E-state index contributed by atoms with van der Waals surface area (Å²) in [5.41, 5.74) is 3.34. The zero-order chi connectivity index (χ0) is 24.0. The molecular formula is C23H28N6O2S2Si. The summed E-state index contributed by atoms with van der Waals surface area (Å²) >= 11 is 3.21. The van der Waals surface area contributed by atoms with Crippen molar-refractivity contribution in [2.75, 3.05) is 12.9 Å². The minimum absolute atomic E-state index is 0.116. The van der Waals surface area contributed by atoms with Gasteiger partial charge >= 0.3 is 0 Å². The number of hydrogen-bond acceptors (Lipinski definition) is 7. The summed E-state index contributed by atoms with van der Waals surface area (Å²) in [5.74, 6) is 0. The topological polar surface area (TPSA) is 79.8 Å². The van der Waals surface area contributed by atoms with Gasteiger partial charge in [0.05, 0.1) is 29.2 Å². The number of benzene rings is 1. The van der Waals surface area contributed by atoms with Gasteiger partial charge in [-0.05, 0) is 23.9 Å². The highest BCUT2D eigenvalue weighted by molar-refractivity contribution is 8.00. The number of aryl methyl sites for hydroxylation is 1. The number of rotatable bonds is 8.